The normalized spacial score (nSPS) is 12.2. The van der Waals surface area contributed by atoms with E-state index < -0.39 is 0 Å². The summed E-state index contributed by atoms with van der Waals surface area (Å²) in [6.07, 6.45) is 0. The van der Waals surface area contributed by atoms with Gasteiger partial charge in [0.05, 0.1) is 0 Å². The SMILES string of the molecule is CN(CCNC(C)(C)C)Cc1ccc(F)cc1Cl. The van der Waals surface area contributed by atoms with Gasteiger partial charge in [-0.25, -0.2) is 4.39 Å². The van der Waals surface area contributed by atoms with Crippen molar-refractivity contribution in [3.63, 3.8) is 0 Å². The molecule has 0 saturated heterocycles. The minimum Gasteiger partial charge on any atom is -0.311 e. The van der Waals surface area contributed by atoms with Crippen molar-refractivity contribution >= 4 is 11.6 Å². The van der Waals surface area contributed by atoms with Crippen LogP contribution < -0.4 is 5.32 Å². The van der Waals surface area contributed by atoms with Gasteiger partial charge in [-0.15, -0.1) is 0 Å². The average Bonchev–Trinajstić information content (AvgIpc) is 2.20. The van der Waals surface area contributed by atoms with Gasteiger partial charge in [0.2, 0.25) is 0 Å². The summed E-state index contributed by atoms with van der Waals surface area (Å²) in [5, 5.41) is 3.92. The molecule has 0 heterocycles. The van der Waals surface area contributed by atoms with Crippen LogP contribution in [0.1, 0.15) is 26.3 Å². The first-order valence-corrected chi connectivity index (χ1v) is 6.53. The molecule has 0 atom stereocenters. The van der Waals surface area contributed by atoms with Gasteiger partial charge in [-0.1, -0.05) is 17.7 Å². The summed E-state index contributed by atoms with van der Waals surface area (Å²) in [4.78, 5) is 2.16. The predicted octanol–water partition coefficient (Wildman–Crippen LogP) is 3.30. The van der Waals surface area contributed by atoms with Crippen molar-refractivity contribution in [2.45, 2.75) is 32.9 Å². The number of likely N-dealkylation sites (N-methyl/N-ethyl adjacent to an activating group) is 1. The Hall–Kier alpha value is -0.640. The van der Waals surface area contributed by atoms with E-state index in [2.05, 4.69) is 31.0 Å². The second kappa shape index (κ2) is 6.50. The van der Waals surface area contributed by atoms with E-state index in [1.165, 1.54) is 12.1 Å². The zero-order valence-electron chi connectivity index (χ0n) is 11.6. The number of benzene rings is 1. The monoisotopic (exact) mass is 272 g/mol. The summed E-state index contributed by atoms with van der Waals surface area (Å²) in [7, 11) is 2.03. The third kappa shape index (κ3) is 5.80. The Labute approximate surface area is 114 Å². The number of hydrogen-bond acceptors (Lipinski definition) is 2. The van der Waals surface area contributed by atoms with E-state index in [0.717, 1.165) is 25.2 Å². The minimum atomic E-state index is -0.291. The van der Waals surface area contributed by atoms with E-state index >= 15 is 0 Å². The molecule has 0 fully saturated rings. The Morgan fingerprint density at radius 1 is 1.33 bits per heavy atom. The Kier molecular flexibility index (Phi) is 5.57. The first-order valence-electron chi connectivity index (χ1n) is 6.15. The van der Waals surface area contributed by atoms with Crippen LogP contribution in [0.3, 0.4) is 0 Å². The molecule has 0 unspecified atom stereocenters. The van der Waals surface area contributed by atoms with Gasteiger partial charge in [0.15, 0.2) is 0 Å². The van der Waals surface area contributed by atoms with Crippen LogP contribution in [0.25, 0.3) is 0 Å². The third-order valence-electron chi connectivity index (χ3n) is 2.60. The van der Waals surface area contributed by atoms with Crippen LogP contribution in [0, 0.1) is 5.82 Å². The highest BCUT2D eigenvalue weighted by Crippen LogP contribution is 2.18. The molecule has 0 aliphatic heterocycles. The molecule has 4 heteroatoms. The van der Waals surface area contributed by atoms with Crippen LogP contribution in [0.4, 0.5) is 4.39 Å². The molecule has 1 aromatic rings. The Balaban J connectivity index is 2.42. The van der Waals surface area contributed by atoms with Crippen molar-refractivity contribution in [1.82, 2.24) is 10.2 Å². The van der Waals surface area contributed by atoms with Gasteiger partial charge in [0, 0.05) is 30.2 Å². The second-order valence-electron chi connectivity index (χ2n) is 5.65. The number of halogens is 2. The molecule has 1 rings (SSSR count). The van der Waals surface area contributed by atoms with Gasteiger partial charge in [0.25, 0.3) is 0 Å². The highest BCUT2D eigenvalue weighted by Gasteiger charge is 2.09. The molecular formula is C14H22ClFN2. The molecule has 0 radical (unpaired) electrons. The second-order valence-corrected chi connectivity index (χ2v) is 6.06. The van der Waals surface area contributed by atoms with Gasteiger partial charge in [-0.3, -0.25) is 0 Å². The molecule has 0 spiro atoms. The third-order valence-corrected chi connectivity index (χ3v) is 2.96. The molecule has 2 nitrogen and oxygen atoms in total. The van der Waals surface area contributed by atoms with Crippen LogP contribution in [0.2, 0.25) is 5.02 Å². The van der Waals surface area contributed by atoms with Gasteiger partial charge in [-0.2, -0.15) is 0 Å². The summed E-state index contributed by atoms with van der Waals surface area (Å²) in [5.74, 6) is -0.291. The predicted molar refractivity (Wildman–Crippen MR) is 75.5 cm³/mol. The minimum absolute atomic E-state index is 0.133. The molecule has 1 N–H and O–H groups in total. The quantitative estimate of drug-likeness (QED) is 0.885. The molecular weight excluding hydrogens is 251 g/mol. The van der Waals surface area contributed by atoms with Crippen LogP contribution in [0.15, 0.2) is 18.2 Å². The standard InChI is InChI=1S/C14H22ClFN2/c1-14(2,3)17-7-8-18(4)10-11-5-6-12(16)9-13(11)15/h5-6,9,17H,7-8,10H2,1-4H3. The topological polar surface area (TPSA) is 15.3 Å². The lowest BCUT2D eigenvalue weighted by atomic mass is 10.1. The van der Waals surface area contributed by atoms with E-state index in [0.29, 0.717) is 5.02 Å². The van der Waals surface area contributed by atoms with Gasteiger partial charge >= 0.3 is 0 Å². The molecule has 0 aliphatic rings. The molecule has 1 aromatic carbocycles. The van der Waals surface area contributed by atoms with Gasteiger partial charge in [-0.05, 0) is 45.5 Å². The lowest BCUT2D eigenvalue weighted by molar-refractivity contribution is 0.303. The number of hydrogen-bond donors (Lipinski definition) is 1. The molecule has 0 bridgehead atoms. The summed E-state index contributed by atoms with van der Waals surface area (Å²) in [5.41, 5.74) is 1.09. The smallest absolute Gasteiger partial charge is 0.124 e. The maximum atomic E-state index is 12.9. The van der Waals surface area contributed by atoms with Crippen molar-refractivity contribution < 1.29 is 4.39 Å². The first-order chi connectivity index (χ1) is 8.28. The van der Waals surface area contributed by atoms with Crippen molar-refractivity contribution in [3.05, 3.63) is 34.6 Å². The maximum absolute atomic E-state index is 12.9. The average molecular weight is 273 g/mol. The Morgan fingerprint density at radius 3 is 2.56 bits per heavy atom. The molecule has 0 aliphatic carbocycles. The fourth-order valence-electron chi connectivity index (χ4n) is 1.64. The summed E-state index contributed by atoms with van der Waals surface area (Å²) >= 11 is 6.00. The van der Waals surface area contributed by atoms with E-state index in [1.807, 2.05) is 7.05 Å². The molecule has 102 valence electrons. The van der Waals surface area contributed by atoms with Crippen LogP contribution in [-0.4, -0.2) is 30.6 Å². The lowest BCUT2D eigenvalue weighted by Crippen LogP contribution is -2.40. The Bertz CT molecular complexity index is 388. The molecule has 0 aromatic heterocycles. The lowest BCUT2D eigenvalue weighted by Gasteiger charge is -2.23. The first kappa shape index (κ1) is 15.4. The maximum Gasteiger partial charge on any atom is 0.124 e. The van der Waals surface area contributed by atoms with E-state index in [9.17, 15) is 4.39 Å². The van der Waals surface area contributed by atoms with Crippen LogP contribution >= 0.6 is 11.6 Å². The van der Waals surface area contributed by atoms with Gasteiger partial charge in [0.1, 0.15) is 5.82 Å². The highest BCUT2D eigenvalue weighted by molar-refractivity contribution is 6.31. The molecule has 0 saturated carbocycles. The largest absolute Gasteiger partial charge is 0.311 e. The highest BCUT2D eigenvalue weighted by atomic mass is 35.5. The van der Waals surface area contributed by atoms with Crippen molar-refractivity contribution in [2.75, 3.05) is 20.1 Å². The summed E-state index contributed by atoms with van der Waals surface area (Å²) in [6.45, 7) is 8.99. The van der Waals surface area contributed by atoms with Crippen molar-refractivity contribution in [2.24, 2.45) is 0 Å². The van der Waals surface area contributed by atoms with Crippen LogP contribution in [0.5, 0.6) is 0 Å². The molecule has 0 amide bonds. The number of rotatable bonds is 5. The summed E-state index contributed by atoms with van der Waals surface area (Å²) in [6, 6.07) is 4.55. The van der Waals surface area contributed by atoms with E-state index in [4.69, 9.17) is 11.6 Å². The zero-order valence-corrected chi connectivity index (χ0v) is 12.3. The van der Waals surface area contributed by atoms with E-state index in [-0.39, 0.29) is 11.4 Å². The zero-order chi connectivity index (χ0) is 13.8. The fourth-order valence-corrected chi connectivity index (χ4v) is 1.87. The molecule has 18 heavy (non-hydrogen) atoms. The Morgan fingerprint density at radius 2 is 2.00 bits per heavy atom. The van der Waals surface area contributed by atoms with Gasteiger partial charge < -0.3 is 10.2 Å². The fraction of sp³-hybridized carbons (Fsp3) is 0.571. The van der Waals surface area contributed by atoms with Crippen LogP contribution in [-0.2, 0) is 6.54 Å². The van der Waals surface area contributed by atoms with Crippen molar-refractivity contribution in [3.8, 4) is 0 Å². The van der Waals surface area contributed by atoms with E-state index in [1.54, 1.807) is 6.07 Å². The number of nitrogens with zero attached hydrogens (tertiary/aromatic N) is 1. The van der Waals surface area contributed by atoms with Crippen molar-refractivity contribution in [1.29, 1.82) is 0 Å². The summed E-state index contributed by atoms with van der Waals surface area (Å²) < 4.78 is 12.9. The number of nitrogens with one attached hydrogen (secondary N) is 1.